The molecule has 3 heterocycles. The molecule has 5 rings (SSSR count). The predicted octanol–water partition coefficient (Wildman–Crippen LogP) is 2.71. The molecule has 2 aliphatic rings. The van der Waals surface area contributed by atoms with Gasteiger partial charge < -0.3 is 4.57 Å². The Balaban J connectivity index is 1.48. The van der Waals surface area contributed by atoms with Gasteiger partial charge in [-0.2, -0.15) is 4.31 Å². The first-order chi connectivity index (χ1) is 14.8. The molecule has 2 aliphatic heterocycles. The fourth-order valence-electron chi connectivity index (χ4n) is 4.72. The van der Waals surface area contributed by atoms with Gasteiger partial charge in [0.15, 0.2) is 0 Å². The van der Waals surface area contributed by atoms with Gasteiger partial charge in [-0.25, -0.2) is 8.42 Å². The second kappa shape index (κ2) is 7.03. The summed E-state index contributed by atoms with van der Waals surface area (Å²) in [6.07, 6.45) is 0.787. The number of carbonyl (C=O) groups excluding carboxylic acids is 2. The van der Waals surface area contributed by atoms with Crippen LogP contribution in [-0.2, 0) is 39.7 Å². The molecule has 0 spiro atoms. The molecule has 1 unspecified atom stereocenters. The normalized spacial score (nSPS) is 19.6. The van der Waals surface area contributed by atoms with E-state index in [1.807, 2.05) is 61.0 Å². The lowest BCUT2D eigenvalue weighted by Crippen LogP contribution is -2.39. The second-order valence-electron chi connectivity index (χ2n) is 8.30. The van der Waals surface area contributed by atoms with Gasteiger partial charge >= 0.3 is 0 Å². The van der Waals surface area contributed by atoms with E-state index in [0.717, 1.165) is 27.6 Å². The van der Waals surface area contributed by atoms with Crippen molar-refractivity contribution in [3.8, 4) is 0 Å². The number of hydrogen-bond donors (Lipinski definition) is 1. The molecule has 31 heavy (non-hydrogen) atoms. The van der Waals surface area contributed by atoms with Crippen LogP contribution < -0.4 is 5.32 Å². The van der Waals surface area contributed by atoms with Crippen molar-refractivity contribution in [2.75, 3.05) is 0 Å². The molecule has 0 bridgehead atoms. The Morgan fingerprint density at radius 3 is 2.55 bits per heavy atom. The molecule has 8 heteroatoms. The van der Waals surface area contributed by atoms with E-state index in [2.05, 4.69) is 5.32 Å². The number of sulfonamides is 1. The van der Waals surface area contributed by atoms with Crippen LogP contribution in [0.5, 0.6) is 0 Å². The van der Waals surface area contributed by atoms with Gasteiger partial charge in [0.05, 0.1) is 5.92 Å². The van der Waals surface area contributed by atoms with Crippen LogP contribution in [-0.4, -0.2) is 29.1 Å². The summed E-state index contributed by atoms with van der Waals surface area (Å²) in [6.45, 7) is 2.40. The van der Waals surface area contributed by atoms with Gasteiger partial charge in [-0.05, 0) is 36.1 Å². The number of nitrogens with zero attached hydrogens (tertiary/aromatic N) is 2. The molecule has 1 fully saturated rings. The number of rotatable bonds is 3. The fourth-order valence-corrected chi connectivity index (χ4v) is 6.56. The van der Waals surface area contributed by atoms with Crippen molar-refractivity contribution in [2.24, 2.45) is 7.05 Å². The third kappa shape index (κ3) is 3.09. The number of carbonyl (C=O) groups is 2. The second-order valence-corrected chi connectivity index (χ2v) is 10.2. The highest BCUT2D eigenvalue weighted by atomic mass is 32.2. The Bertz CT molecular complexity index is 1360. The van der Waals surface area contributed by atoms with Crippen LogP contribution in [0.25, 0.3) is 10.9 Å². The standard InChI is InChI=1S/C23H23N3O4S/c1-14-22(19-5-3-4-6-20(19)25(14)2)31(29,30)26-12-16-8-7-15(11-17(16)13-26)18-9-10-21(27)24-23(18)28/h3-8,11,18H,9-10,12-13H2,1-2H3,(H,24,27,28). The zero-order chi connectivity index (χ0) is 21.9. The van der Waals surface area contributed by atoms with E-state index >= 15 is 0 Å². The molecule has 1 saturated heterocycles. The minimum atomic E-state index is -3.71. The van der Waals surface area contributed by atoms with Crippen molar-refractivity contribution < 1.29 is 18.0 Å². The van der Waals surface area contributed by atoms with Gasteiger partial charge in [0.2, 0.25) is 21.8 Å². The lowest BCUT2D eigenvalue weighted by Gasteiger charge is -2.21. The van der Waals surface area contributed by atoms with Crippen LogP contribution in [0.15, 0.2) is 47.4 Å². The van der Waals surface area contributed by atoms with Crippen LogP contribution in [0.4, 0.5) is 0 Å². The summed E-state index contributed by atoms with van der Waals surface area (Å²) in [5.74, 6) is -0.913. The maximum absolute atomic E-state index is 13.6. The first kappa shape index (κ1) is 20.0. The molecule has 1 atom stereocenters. The molecule has 7 nitrogen and oxygen atoms in total. The monoisotopic (exact) mass is 437 g/mol. The number of aryl methyl sites for hydroxylation is 1. The molecule has 160 valence electrons. The first-order valence-electron chi connectivity index (χ1n) is 10.3. The quantitative estimate of drug-likeness (QED) is 0.638. The van der Waals surface area contributed by atoms with Crippen LogP contribution in [0, 0.1) is 6.92 Å². The Morgan fingerprint density at radius 1 is 1.03 bits per heavy atom. The fraction of sp³-hybridized carbons (Fsp3) is 0.304. The van der Waals surface area contributed by atoms with Crippen molar-refractivity contribution in [1.82, 2.24) is 14.2 Å². The maximum Gasteiger partial charge on any atom is 0.246 e. The molecule has 0 aliphatic carbocycles. The average molecular weight is 438 g/mol. The van der Waals surface area contributed by atoms with Crippen LogP contribution in [0.2, 0.25) is 0 Å². The molecule has 2 amide bonds. The van der Waals surface area contributed by atoms with E-state index in [-0.39, 0.29) is 24.3 Å². The first-order valence-corrected chi connectivity index (χ1v) is 11.7. The van der Waals surface area contributed by atoms with E-state index in [4.69, 9.17) is 0 Å². The predicted molar refractivity (Wildman–Crippen MR) is 116 cm³/mol. The summed E-state index contributed by atoms with van der Waals surface area (Å²) in [7, 11) is -1.83. The van der Waals surface area contributed by atoms with Gasteiger partial charge in [0.1, 0.15) is 4.90 Å². The number of fused-ring (bicyclic) bond motifs is 2. The number of amides is 2. The van der Waals surface area contributed by atoms with Crippen molar-refractivity contribution >= 4 is 32.7 Å². The van der Waals surface area contributed by atoms with Crippen molar-refractivity contribution in [1.29, 1.82) is 0 Å². The third-order valence-corrected chi connectivity index (χ3v) is 8.47. The van der Waals surface area contributed by atoms with Gasteiger partial charge in [0, 0.05) is 43.2 Å². The smallest absolute Gasteiger partial charge is 0.246 e. The highest BCUT2D eigenvalue weighted by Gasteiger charge is 2.35. The van der Waals surface area contributed by atoms with Crippen molar-refractivity contribution in [3.05, 3.63) is 64.8 Å². The minimum absolute atomic E-state index is 0.245. The Kier molecular flexibility index (Phi) is 4.53. The van der Waals surface area contributed by atoms with Crippen LogP contribution in [0.3, 0.4) is 0 Å². The summed E-state index contributed by atoms with van der Waals surface area (Å²) in [5, 5.41) is 3.11. The van der Waals surface area contributed by atoms with E-state index in [1.165, 1.54) is 4.31 Å². The number of aromatic nitrogens is 1. The molecular formula is C23H23N3O4S. The zero-order valence-electron chi connectivity index (χ0n) is 17.4. The van der Waals surface area contributed by atoms with E-state index in [0.29, 0.717) is 30.0 Å². The van der Waals surface area contributed by atoms with E-state index in [9.17, 15) is 18.0 Å². The van der Waals surface area contributed by atoms with Crippen molar-refractivity contribution in [2.45, 2.75) is 43.7 Å². The van der Waals surface area contributed by atoms with Gasteiger partial charge in [-0.1, -0.05) is 36.4 Å². The van der Waals surface area contributed by atoms with Crippen LogP contribution >= 0.6 is 0 Å². The maximum atomic E-state index is 13.6. The van der Waals surface area contributed by atoms with Gasteiger partial charge in [0.25, 0.3) is 0 Å². The number of benzene rings is 2. The lowest BCUT2D eigenvalue weighted by atomic mass is 9.89. The topological polar surface area (TPSA) is 88.5 Å². The Morgan fingerprint density at radius 2 is 1.77 bits per heavy atom. The summed E-state index contributed by atoms with van der Waals surface area (Å²) in [6, 6.07) is 13.2. The highest BCUT2D eigenvalue weighted by molar-refractivity contribution is 7.89. The highest BCUT2D eigenvalue weighted by Crippen LogP contribution is 2.36. The third-order valence-electron chi connectivity index (χ3n) is 6.50. The number of imide groups is 1. The molecular weight excluding hydrogens is 414 g/mol. The molecule has 0 saturated carbocycles. The average Bonchev–Trinajstić information content (AvgIpc) is 3.28. The Hall–Kier alpha value is -2.97. The summed E-state index contributed by atoms with van der Waals surface area (Å²) >= 11 is 0. The lowest BCUT2D eigenvalue weighted by molar-refractivity contribution is -0.134. The largest absolute Gasteiger partial charge is 0.347 e. The van der Waals surface area contributed by atoms with E-state index < -0.39 is 10.0 Å². The van der Waals surface area contributed by atoms with Gasteiger partial charge in [-0.3, -0.25) is 14.9 Å². The molecule has 1 aromatic heterocycles. The number of nitrogens with one attached hydrogen (secondary N) is 1. The molecule has 3 aromatic rings. The summed E-state index contributed by atoms with van der Waals surface area (Å²) in [5.41, 5.74) is 4.27. The zero-order valence-corrected chi connectivity index (χ0v) is 18.2. The van der Waals surface area contributed by atoms with Crippen LogP contribution in [0.1, 0.15) is 41.1 Å². The van der Waals surface area contributed by atoms with Crippen molar-refractivity contribution in [3.63, 3.8) is 0 Å². The summed E-state index contributed by atoms with van der Waals surface area (Å²) in [4.78, 5) is 24.0. The van der Waals surface area contributed by atoms with E-state index in [1.54, 1.807) is 0 Å². The van der Waals surface area contributed by atoms with Gasteiger partial charge in [-0.15, -0.1) is 0 Å². The number of hydrogen-bond acceptors (Lipinski definition) is 4. The summed E-state index contributed by atoms with van der Waals surface area (Å²) < 4.78 is 30.7. The molecule has 0 radical (unpaired) electrons. The molecule has 2 aromatic carbocycles. The Labute approximate surface area is 180 Å². The minimum Gasteiger partial charge on any atom is -0.347 e. The number of piperidine rings is 1. The SMILES string of the molecule is Cc1c(S(=O)(=O)N2Cc3ccc(C4CCC(=O)NC4=O)cc3C2)c2ccccc2n1C. The molecule has 1 N–H and O–H groups in total. The number of para-hydroxylation sites is 1.